The number of fused-ring (bicyclic) bond motifs is 7. The number of hydrogen-bond acceptors (Lipinski definition) is 6. The minimum atomic E-state index is -1.16. The Kier molecular flexibility index (Phi) is 10.2. The molecule has 2 aliphatic heterocycles. The molecule has 8 bridgehead atoms. The molecule has 5 heterocycles. The Hall–Kier alpha value is -3.99. The molecule has 0 saturated carbocycles. The van der Waals surface area contributed by atoms with Gasteiger partial charge in [-0.25, -0.2) is 0 Å². The minimum absolute atomic E-state index is 0. The van der Waals surface area contributed by atoms with Crippen molar-refractivity contribution in [3.05, 3.63) is 97.5 Å². The third kappa shape index (κ3) is 5.73. The zero-order chi connectivity index (χ0) is 33.7. The standard InChI is InChI=1S/C38H41N4O5.Mg/c1-9-14-47-31(43)13-12-24-20(6)27-15-25-18(4)22(10-2)29(39-25)16-26-19(5)23(11-3)30(40-26)17-28-21(7)32-36(42-28)33(35(24)41-27)34(37(32)44)38(45)46-8;/h9-10,15-17,20,24,34,37,41,44H,1-2,11-14H2,3-8H3;/q-3;+2/b26-16-,27-15-,30-17-,35-33-;/t20-,24-,34+,37-;/m0./s1. The van der Waals surface area contributed by atoms with E-state index < -0.39 is 18.0 Å². The van der Waals surface area contributed by atoms with Gasteiger partial charge in [0.1, 0.15) is 12.5 Å². The molecule has 48 heavy (non-hydrogen) atoms. The van der Waals surface area contributed by atoms with E-state index in [9.17, 15) is 14.7 Å². The van der Waals surface area contributed by atoms with E-state index in [1.807, 2.05) is 38.2 Å². The summed E-state index contributed by atoms with van der Waals surface area (Å²) in [6.07, 6.45) is 9.62. The molecule has 3 aromatic rings. The van der Waals surface area contributed by atoms with E-state index in [-0.39, 0.29) is 53.9 Å². The van der Waals surface area contributed by atoms with E-state index >= 15 is 0 Å². The van der Waals surface area contributed by atoms with Crippen molar-refractivity contribution in [3.8, 4) is 0 Å². The molecule has 10 heteroatoms. The van der Waals surface area contributed by atoms with Gasteiger partial charge in [0, 0.05) is 29.7 Å². The Morgan fingerprint density at radius 3 is 2.38 bits per heavy atom. The third-order valence-electron chi connectivity index (χ3n) is 10.1. The maximum Gasteiger partial charge on any atom is 2.00 e. The topological polar surface area (TPSA) is 127 Å². The van der Waals surface area contributed by atoms with Crippen molar-refractivity contribution in [2.75, 3.05) is 13.7 Å². The number of ether oxygens (including phenoxy) is 2. The van der Waals surface area contributed by atoms with Gasteiger partial charge in [0.15, 0.2) is 0 Å². The van der Waals surface area contributed by atoms with E-state index in [4.69, 9.17) is 24.4 Å². The van der Waals surface area contributed by atoms with E-state index in [1.54, 1.807) is 0 Å². The number of allylic oxidation sites excluding steroid dienone is 2. The molecule has 1 fully saturated rings. The summed E-state index contributed by atoms with van der Waals surface area (Å²) < 4.78 is 10.5. The van der Waals surface area contributed by atoms with Crippen LogP contribution in [0.4, 0.5) is 0 Å². The largest absolute Gasteiger partial charge is 2.00 e. The molecule has 1 saturated heterocycles. The monoisotopic (exact) mass is 657 g/mol. The van der Waals surface area contributed by atoms with Gasteiger partial charge in [0.25, 0.3) is 0 Å². The number of methoxy groups -OCH3 is 1. The zero-order valence-electron chi connectivity index (χ0n) is 28.6. The number of nitrogens with one attached hydrogen (secondary N) is 1. The molecule has 9 nitrogen and oxygen atoms in total. The average molecular weight is 658 g/mol. The fourth-order valence-electron chi connectivity index (χ4n) is 7.44. The Bertz CT molecular complexity index is 2010. The summed E-state index contributed by atoms with van der Waals surface area (Å²) in [5.41, 5.74) is 10.5. The zero-order valence-corrected chi connectivity index (χ0v) is 30.0. The number of aliphatic hydroxyl groups is 1. The van der Waals surface area contributed by atoms with Crippen molar-refractivity contribution in [2.24, 2.45) is 17.8 Å². The molecule has 246 valence electrons. The summed E-state index contributed by atoms with van der Waals surface area (Å²) in [6, 6.07) is 0. The normalized spacial score (nSPS) is 24.6. The second-order valence-corrected chi connectivity index (χ2v) is 12.5. The SMILES string of the molecule is C=CCOC(=O)CC[C@@H]1/C2=C3/c4[n-]c(c(C)c4[C@H](O)[C@@H]3C(=O)OC)/C=c3\[n-]/c(c(C)c3CC)=C\c3[n-]c(c(C)c3C=C)/C=C(\N2)[C@H]1C.[Mg+2]. The van der Waals surface area contributed by atoms with Crippen molar-refractivity contribution in [1.82, 2.24) is 20.3 Å². The first kappa shape index (κ1) is 35.3. The smallest absolute Gasteiger partial charge is 0.657 e. The van der Waals surface area contributed by atoms with Gasteiger partial charge in [0.05, 0.1) is 13.2 Å². The van der Waals surface area contributed by atoms with Crippen LogP contribution in [0.25, 0.3) is 29.9 Å². The van der Waals surface area contributed by atoms with Gasteiger partial charge in [-0.1, -0.05) is 79.6 Å². The molecule has 3 aliphatic rings. The van der Waals surface area contributed by atoms with Gasteiger partial charge in [-0.15, -0.1) is 33.5 Å². The maximum absolute atomic E-state index is 13.4. The van der Waals surface area contributed by atoms with Crippen LogP contribution in [0.5, 0.6) is 0 Å². The van der Waals surface area contributed by atoms with Crippen LogP contribution >= 0.6 is 0 Å². The summed E-state index contributed by atoms with van der Waals surface area (Å²) in [5.74, 6) is -2.18. The first-order valence-corrected chi connectivity index (χ1v) is 16.1. The number of carbonyl (C=O) groups is 2. The molecule has 2 N–H and O–H groups in total. The van der Waals surface area contributed by atoms with Crippen LogP contribution in [-0.4, -0.2) is 53.8 Å². The van der Waals surface area contributed by atoms with Gasteiger partial charge in [-0.3, -0.25) is 9.59 Å². The van der Waals surface area contributed by atoms with Crippen LogP contribution in [0.1, 0.15) is 88.9 Å². The predicted octanol–water partition coefficient (Wildman–Crippen LogP) is 3.23. The molecule has 0 aromatic carbocycles. The first-order valence-electron chi connectivity index (χ1n) is 16.1. The number of nitrogens with zero attached hydrogens (tertiary/aromatic N) is 3. The molecule has 3 aromatic heterocycles. The second-order valence-electron chi connectivity index (χ2n) is 12.5. The molecule has 0 radical (unpaired) electrons. The van der Waals surface area contributed by atoms with Crippen molar-refractivity contribution >= 4 is 64.9 Å². The molecular formula is C38H41MgN4O5-. The van der Waals surface area contributed by atoms with Crippen molar-refractivity contribution in [3.63, 3.8) is 0 Å². The van der Waals surface area contributed by atoms with Crippen LogP contribution in [0.3, 0.4) is 0 Å². The van der Waals surface area contributed by atoms with Crippen molar-refractivity contribution in [2.45, 2.75) is 60.0 Å². The fraction of sp³-hybridized carbons (Fsp3) is 0.368. The van der Waals surface area contributed by atoms with Crippen LogP contribution in [0.15, 0.2) is 30.6 Å². The number of carbonyl (C=O) groups excluding carboxylic acids is 2. The molecule has 0 amide bonds. The summed E-state index contributed by atoms with van der Waals surface area (Å²) in [4.78, 5) is 41.2. The second kappa shape index (κ2) is 13.9. The number of aromatic nitrogens is 3. The Morgan fingerprint density at radius 1 is 1.00 bits per heavy atom. The summed E-state index contributed by atoms with van der Waals surface area (Å²) in [6.45, 7) is 18.1. The number of hydrogen-bond donors (Lipinski definition) is 2. The Morgan fingerprint density at radius 2 is 1.71 bits per heavy atom. The molecule has 4 atom stereocenters. The Balaban J connectivity index is 0.00000451. The van der Waals surface area contributed by atoms with Crippen LogP contribution in [0, 0.1) is 38.5 Å². The molecule has 0 unspecified atom stereocenters. The summed E-state index contributed by atoms with van der Waals surface area (Å²) in [5, 5.41) is 17.0. The first-order chi connectivity index (χ1) is 22.5. The van der Waals surface area contributed by atoms with Crippen LogP contribution in [-0.2, 0) is 25.5 Å². The molecular weight excluding hydrogens is 617 g/mol. The summed E-state index contributed by atoms with van der Waals surface area (Å²) >= 11 is 0. The maximum atomic E-state index is 13.4. The van der Waals surface area contributed by atoms with Gasteiger partial charge < -0.3 is 34.8 Å². The number of esters is 2. The van der Waals surface area contributed by atoms with E-state index in [0.29, 0.717) is 28.9 Å². The fourth-order valence-corrected chi connectivity index (χ4v) is 7.44. The van der Waals surface area contributed by atoms with E-state index in [1.165, 1.54) is 13.2 Å². The predicted molar refractivity (Wildman–Crippen MR) is 187 cm³/mol. The number of rotatable bonds is 8. The van der Waals surface area contributed by atoms with Crippen molar-refractivity contribution in [1.29, 1.82) is 0 Å². The van der Waals surface area contributed by atoms with Gasteiger partial charge in [-0.05, 0) is 50.3 Å². The van der Waals surface area contributed by atoms with E-state index in [2.05, 4.69) is 39.2 Å². The average Bonchev–Trinajstić information content (AvgIpc) is 3.79. The molecule has 6 rings (SSSR count). The third-order valence-corrected chi connectivity index (χ3v) is 10.1. The van der Waals surface area contributed by atoms with Gasteiger partial charge in [-0.2, -0.15) is 0 Å². The van der Waals surface area contributed by atoms with Crippen LogP contribution in [0.2, 0.25) is 0 Å². The van der Waals surface area contributed by atoms with Crippen LogP contribution < -0.4 is 31.0 Å². The number of aliphatic hydroxyl groups excluding tert-OH is 1. The Labute approximate surface area is 297 Å². The van der Waals surface area contributed by atoms with Gasteiger partial charge >= 0.3 is 35.0 Å². The minimum Gasteiger partial charge on any atom is -0.657 e. The quantitative estimate of drug-likeness (QED) is 0.213. The van der Waals surface area contributed by atoms with Crippen molar-refractivity contribution < 1.29 is 24.2 Å². The van der Waals surface area contributed by atoms with Gasteiger partial charge in [0.2, 0.25) is 0 Å². The molecule has 0 spiro atoms. The molecule has 1 aliphatic carbocycles. The summed E-state index contributed by atoms with van der Waals surface area (Å²) in [7, 11) is 1.32. The van der Waals surface area contributed by atoms with E-state index in [0.717, 1.165) is 67.7 Å².